The van der Waals surface area contributed by atoms with Gasteiger partial charge in [-0.1, -0.05) is 0 Å². The molecule has 1 unspecified atom stereocenters. The van der Waals surface area contributed by atoms with E-state index in [1.807, 2.05) is 16.8 Å². The molecule has 5 heteroatoms. The van der Waals surface area contributed by atoms with Crippen LogP contribution in [0.25, 0.3) is 5.52 Å². The minimum Gasteiger partial charge on any atom is -0.381 e. The second kappa shape index (κ2) is 4.71. The fourth-order valence-electron chi connectivity index (χ4n) is 2.20. The summed E-state index contributed by atoms with van der Waals surface area (Å²) >= 11 is 0. The molecule has 0 aromatic carbocycles. The van der Waals surface area contributed by atoms with E-state index < -0.39 is 0 Å². The zero-order valence-corrected chi connectivity index (χ0v) is 9.67. The maximum Gasteiger partial charge on any atom is 0.152 e. The fraction of sp³-hybridized carbons (Fsp3) is 0.500. The van der Waals surface area contributed by atoms with Gasteiger partial charge in [0.2, 0.25) is 0 Å². The first kappa shape index (κ1) is 10.5. The summed E-state index contributed by atoms with van der Waals surface area (Å²) in [5.74, 6) is 1.61. The van der Waals surface area contributed by atoms with Gasteiger partial charge < -0.3 is 10.1 Å². The van der Waals surface area contributed by atoms with Gasteiger partial charge in [-0.05, 0) is 24.8 Å². The van der Waals surface area contributed by atoms with Crippen molar-refractivity contribution < 1.29 is 4.74 Å². The van der Waals surface area contributed by atoms with Crippen LogP contribution < -0.4 is 5.32 Å². The molecule has 17 heavy (non-hydrogen) atoms. The van der Waals surface area contributed by atoms with Crippen molar-refractivity contribution in [2.24, 2.45) is 5.92 Å². The first-order valence-electron chi connectivity index (χ1n) is 6.03. The smallest absolute Gasteiger partial charge is 0.152 e. The standard InChI is InChI=1S/C12H16N4O/c1(10-3-8-17-9-10)4-13-12-11-2-5-15-16(11)7-6-14-12/h2,5-7,10H,1,3-4,8-9H2,(H,13,14). The van der Waals surface area contributed by atoms with Crippen LogP contribution in [0.15, 0.2) is 24.7 Å². The number of ether oxygens (including phenoxy) is 1. The van der Waals surface area contributed by atoms with Crippen LogP contribution in [0.4, 0.5) is 5.82 Å². The Labute approximate surface area is 99.8 Å². The Bertz CT molecular complexity index is 490. The summed E-state index contributed by atoms with van der Waals surface area (Å²) in [5, 5.41) is 7.55. The molecule has 90 valence electrons. The molecule has 1 atom stereocenters. The number of nitrogens with zero attached hydrogens (tertiary/aromatic N) is 3. The zero-order valence-electron chi connectivity index (χ0n) is 9.67. The first-order chi connectivity index (χ1) is 8.43. The summed E-state index contributed by atoms with van der Waals surface area (Å²) in [7, 11) is 0. The lowest BCUT2D eigenvalue weighted by Crippen LogP contribution is -2.10. The van der Waals surface area contributed by atoms with Gasteiger partial charge in [0.05, 0.1) is 6.20 Å². The highest BCUT2D eigenvalue weighted by atomic mass is 16.5. The normalized spacial score (nSPS) is 19.9. The van der Waals surface area contributed by atoms with E-state index in [4.69, 9.17) is 4.74 Å². The third kappa shape index (κ3) is 2.24. The van der Waals surface area contributed by atoms with Crippen molar-refractivity contribution in [1.29, 1.82) is 0 Å². The van der Waals surface area contributed by atoms with Crippen LogP contribution in [0.5, 0.6) is 0 Å². The Kier molecular flexibility index (Phi) is 2.92. The fourth-order valence-corrected chi connectivity index (χ4v) is 2.20. The molecule has 0 spiro atoms. The molecule has 0 bridgehead atoms. The quantitative estimate of drug-likeness (QED) is 0.869. The average molecular weight is 232 g/mol. The molecular formula is C12H16N4O. The van der Waals surface area contributed by atoms with E-state index in [0.29, 0.717) is 5.92 Å². The van der Waals surface area contributed by atoms with Crippen LogP contribution in [0.1, 0.15) is 12.8 Å². The van der Waals surface area contributed by atoms with E-state index in [1.54, 1.807) is 12.4 Å². The lowest BCUT2D eigenvalue weighted by Gasteiger charge is -2.09. The molecule has 2 aromatic rings. The number of nitrogens with one attached hydrogen (secondary N) is 1. The van der Waals surface area contributed by atoms with Crippen LogP contribution in [0, 0.1) is 5.92 Å². The zero-order chi connectivity index (χ0) is 11.5. The molecule has 0 saturated carbocycles. The Morgan fingerprint density at radius 2 is 2.47 bits per heavy atom. The first-order valence-corrected chi connectivity index (χ1v) is 6.03. The van der Waals surface area contributed by atoms with Crippen LogP contribution >= 0.6 is 0 Å². The molecule has 0 aliphatic carbocycles. The predicted molar refractivity (Wildman–Crippen MR) is 65.0 cm³/mol. The van der Waals surface area contributed by atoms with Gasteiger partial charge in [-0.2, -0.15) is 5.10 Å². The van der Waals surface area contributed by atoms with Gasteiger partial charge in [-0.15, -0.1) is 0 Å². The molecule has 0 radical (unpaired) electrons. The maximum absolute atomic E-state index is 5.36. The predicted octanol–water partition coefficient (Wildman–Crippen LogP) is 1.57. The van der Waals surface area contributed by atoms with Crippen molar-refractivity contribution in [1.82, 2.24) is 14.6 Å². The number of anilines is 1. The summed E-state index contributed by atoms with van der Waals surface area (Å²) in [6, 6.07) is 1.97. The molecule has 1 aliphatic heterocycles. The molecular weight excluding hydrogens is 216 g/mol. The molecule has 2 aromatic heterocycles. The van der Waals surface area contributed by atoms with Crippen molar-refractivity contribution in [2.75, 3.05) is 25.1 Å². The number of rotatable bonds is 4. The van der Waals surface area contributed by atoms with Gasteiger partial charge in [0.1, 0.15) is 5.52 Å². The average Bonchev–Trinajstić information content (AvgIpc) is 2.99. The molecule has 3 rings (SSSR count). The Balaban J connectivity index is 1.62. The van der Waals surface area contributed by atoms with Crippen molar-refractivity contribution in [3.8, 4) is 0 Å². The van der Waals surface area contributed by atoms with E-state index in [-0.39, 0.29) is 0 Å². The summed E-state index contributed by atoms with van der Waals surface area (Å²) in [5.41, 5.74) is 1.02. The molecule has 1 aliphatic rings. The van der Waals surface area contributed by atoms with Gasteiger partial charge in [0.25, 0.3) is 0 Å². The second-order valence-electron chi connectivity index (χ2n) is 4.38. The maximum atomic E-state index is 5.36. The van der Waals surface area contributed by atoms with Crippen LogP contribution in [0.2, 0.25) is 0 Å². The lowest BCUT2D eigenvalue weighted by molar-refractivity contribution is 0.185. The minimum atomic E-state index is 0.701. The van der Waals surface area contributed by atoms with Crippen molar-refractivity contribution >= 4 is 11.3 Å². The molecule has 1 saturated heterocycles. The van der Waals surface area contributed by atoms with Gasteiger partial charge >= 0.3 is 0 Å². The highest BCUT2D eigenvalue weighted by Gasteiger charge is 2.15. The summed E-state index contributed by atoms with van der Waals surface area (Å²) in [6.07, 6.45) is 7.72. The number of fused-ring (bicyclic) bond motifs is 1. The van der Waals surface area contributed by atoms with E-state index in [9.17, 15) is 0 Å². The Morgan fingerprint density at radius 3 is 3.35 bits per heavy atom. The van der Waals surface area contributed by atoms with E-state index in [0.717, 1.165) is 37.5 Å². The largest absolute Gasteiger partial charge is 0.381 e. The third-order valence-electron chi connectivity index (χ3n) is 3.19. The SMILES string of the molecule is c1cn2nccc2c(NCCC2CCOC2)n1. The van der Waals surface area contributed by atoms with Crippen LogP contribution in [0.3, 0.4) is 0 Å². The third-order valence-corrected chi connectivity index (χ3v) is 3.19. The topological polar surface area (TPSA) is 51.5 Å². The van der Waals surface area contributed by atoms with E-state index in [1.165, 1.54) is 6.42 Å². The van der Waals surface area contributed by atoms with Crippen molar-refractivity contribution in [3.05, 3.63) is 24.7 Å². The monoisotopic (exact) mass is 232 g/mol. The van der Waals surface area contributed by atoms with Crippen molar-refractivity contribution in [2.45, 2.75) is 12.8 Å². The highest BCUT2D eigenvalue weighted by Crippen LogP contribution is 2.17. The van der Waals surface area contributed by atoms with E-state index in [2.05, 4.69) is 15.4 Å². The number of aromatic nitrogens is 3. The molecule has 1 N–H and O–H groups in total. The van der Waals surface area contributed by atoms with Gasteiger partial charge in [-0.3, -0.25) is 0 Å². The highest BCUT2D eigenvalue weighted by molar-refractivity contribution is 5.66. The van der Waals surface area contributed by atoms with Gasteiger partial charge in [-0.25, -0.2) is 9.50 Å². The van der Waals surface area contributed by atoms with Gasteiger partial charge in [0, 0.05) is 32.2 Å². The number of hydrogen-bond acceptors (Lipinski definition) is 4. The molecule has 5 nitrogen and oxygen atoms in total. The molecule has 3 heterocycles. The molecule has 1 fully saturated rings. The Hall–Kier alpha value is -1.62. The van der Waals surface area contributed by atoms with E-state index >= 15 is 0 Å². The van der Waals surface area contributed by atoms with Crippen molar-refractivity contribution in [3.63, 3.8) is 0 Å². The lowest BCUT2D eigenvalue weighted by atomic mass is 10.1. The van der Waals surface area contributed by atoms with Gasteiger partial charge in [0.15, 0.2) is 5.82 Å². The minimum absolute atomic E-state index is 0.701. The second-order valence-corrected chi connectivity index (χ2v) is 4.38. The van der Waals surface area contributed by atoms with Crippen LogP contribution in [-0.4, -0.2) is 34.4 Å². The Morgan fingerprint density at radius 1 is 1.47 bits per heavy atom. The molecule has 0 amide bonds. The number of hydrogen-bond donors (Lipinski definition) is 1. The summed E-state index contributed by atoms with van der Waals surface area (Å²) in [4.78, 5) is 4.34. The summed E-state index contributed by atoms with van der Waals surface area (Å²) < 4.78 is 7.19. The summed E-state index contributed by atoms with van der Waals surface area (Å²) in [6.45, 7) is 2.76. The van der Waals surface area contributed by atoms with Crippen LogP contribution in [-0.2, 0) is 4.74 Å².